The van der Waals surface area contributed by atoms with Gasteiger partial charge in [0.1, 0.15) is 0 Å². The van der Waals surface area contributed by atoms with Crippen LogP contribution in [0.1, 0.15) is 45.4 Å². The monoisotopic (exact) mass is 294 g/mol. The molecule has 20 heavy (non-hydrogen) atoms. The lowest BCUT2D eigenvalue weighted by Crippen LogP contribution is -2.21. The van der Waals surface area contributed by atoms with Crippen LogP contribution in [0.2, 0.25) is 5.02 Å². The van der Waals surface area contributed by atoms with Crippen molar-refractivity contribution >= 4 is 28.9 Å². The molecule has 1 aromatic rings. The number of hydrogen-bond donors (Lipinski definition) is 1. The highest BCUT2D eigenvalue weighted by atomic mass is 35.5. The first-order valence-corrected chi connectivity index (χ1v) is 7.93. The third-order valence-corrected chi connectivity index (χ3v) is 4.00. The quantitative estimate of drug-likeness (QED) is 0.786. The van der Waals surface area contributed by atoms with Gasteiger partial charge >= 0.3 is 0 Å². The highest BCUT2D eigenvalue weighted by Gasteiger charge is 2.19. The topological polar surface area (TPSA) is 32.3 Å². The van der Waals surface area contributed by atoms with Gasteiger partial charge in [0.25, 0.3) is 0 Å². The van der Waals surface area contributed by atoms with E-state index >= 15 is 0 Å². The number of benzene rings is 1. The van der Waals surface area contributed by atoms with E-state index in [-0.39, 0.29) is 5.91 Å². The van der Waals surface area contributed by atoms with E-state index in [1.165, 1.54) is 12.8 Å². The van der Waals surface area contributed by atoms with Gasteiger partial charge in [0.15, 0.2) is 0 Å². The van der Waals surface area contributed by atoms with Crippen molar-refractivity contribution in [2.45, 2.75) is 45.4 Å². The second-order valence-corrected chi connectivity index (χ2v) is 5.74. The SMILES string of the molecule is CCCCCC(=O)Nc1cccc(Cl)c1N1CCCC1. The van der Waals surface area contributed by atoms with Gasteiger partial charge in [-0.05, 0) is 31.4 Å². The highest BCUT2D eigenvalue weighted by Crippen LogP contribution is 2.36. The molecule has 0 aromatic heterocycles. The number of carbonyl (C=O) groups excluding carboxylic acids is 1. The molecule has 1 aromatic carbocycles. The Balaban J connectivity index is 2.06. The Labute approximate surface area is 126 Å². The average molecular weight is 295 g/mol. The maximum absolute atomic E-state index is 12.0. The Hall–Kier alpha value is -1.22. The molecule has 3 nitrogen and oxygen atoms in total. The lowest BCUT2D eigenvalue weighted by Gasteiger charge is -2.23. The number of carbonyl (C=O) groups is 1. The molecule has 1 saturated heterocycles. The van der Waals surface area contributed by atoms with Crippen molar-refractivity contribution in [2.75, 3.05) is 23.3 Å². The summed E-state index contributed by atoms with van der Waals surface area (Å²) in [6.45, 7) is 4.17. The predicted molar refractivity (Wildman–Crippen MR) is 85.7 cm³/mol. The number of nitrogens with one attached hydrogen (secondary N) is 1. The molecule has 0 bridgehead atoms. The molecule has 0 unspecified atom stereocenters. The van der Waals surface area contributed by atoms with Gasteiger partial charge in [0.2, 0.25) is 5.91 Å². The summed E-state index contributed by atoms with van der Waals surface area (Å²) in [4.78, 5) is 14.3. The van der Waals surface area contributed by atoms with Crippen molar-refractivity contribution in [3.8, 4) is 0 Å². The van der Waals surface area contributed by atoms with Gasteiger partial charge in [-0.2, -0.15) is 0 Å². The van der Waals surface area contributed by atoms with Crippen molar-refractivity contribution in [2.24, 2.45) is 0 Å². The lowest BCUT2D eigenvalue weighted by molar-refractivity contribution is -0.116. The molecule has 4 heteroatoms. The summed E-state index contributed by atoms with van der Waals surface area (Å²) in [7, 11) is 0. The van der Waals surface area contributed by atoms with Gasteiger partial charge < -0.3 is 10.2 Å². The Morgan fingerprint density at radius 1 is 1.30 bits per heavy atom. The summed E-state index contributed by atoms with van der Waals surface area (Å²) in [6.07, 6.45) is 6.14. The Morgan fingerprint density at radius 2 is 2.05 bits per heavy atom. The molecule has 1 amide bonds. The Kier molecular flexibility index (Phi) is 5.72. The van der Waals surface area contributed by atoms with Gasteiger partial charge in [-0.15, -0.1) is 0 Å². The fourth-order valence-electron chi connectivity index (χ4n) is 2.63. The largest absolute Gasteiger partial charge is 0.369 e. The minimum Gasteiger partial charge on any atom is -0.369 e. The number of rotatable bonds is 6. The van der Waals surface area contributed by atoms with Crippen LogP contribution in [0.15, 0.2) is 18.2 Å². The zero-order valence-electron chi connectivity index (χ0n) is 12.1. The molecule has 1 N–H and O–H groups in total. The van der Waals surface area contributed by atoms with E-state index in [2.05, 4.69) is 17.1 Å². The van der Waals surface area contributed by atoms with Crippen LogP contribution in [-0.4, -0.2) is 19.0 Å². The summed E-state index contributed by atoms with van der Waals surface area (Å²) >= 11 is 6.33. The van der Waals surface area contributed by atoms with Crippen LogP contribution in [0.25, 0.3) is 0 Å². The minimum absolute atomic E-state index is 0.0844. The van der Waals surface area contributed by atoms with E-state index in [1.54, 1.807) is 0 Å². The number of anilines is 2. The fourth-order valence-corrected chi connectivity index (χ4v) is 2.92. The van der Waals surface area contributed by atoms with E-state index in [1.807, 2.05) is 18.2 Å². The second-order valence-electron chi connectivity index (χ2n) is 5.34. The van der Waals surface area contributed by atoms with E-state index in [4.69, 9.17) is 11.6 Å². The number of nitrogens with zero attached hydrogens (tertiary/aromatic N) is 1. The van der Waals surface area contributed by atoms with Crippen LogP contribution >= 0.6 is 11.6 Å². The molecule has 1 fully saturated rings. The number of unbranched alkanes of at least 4 members (excludes halogenated alkanes) is 2. The van der Waals surface area contributed by atoms with E-state index in [9.17, 15) is 4.79 Å². The number of para-hydroxylation sites is 1. The predicted octanol–water partition coefficient (Wildman–Crippen LogP) is 4.46. The molecule has 0 saturated carbocycles. The molecule has 0 aliphatic carbocycles. The second kappa shape index (κ2) is 7.53. The van der Waals surface area contributed by atoms with Gasteiger partial charge in [-0.25, -0.2) is 0 Å². The molecule has 0 radical (unpaired) electrons. The Morgan fingerprint density at radius 3 is 2.75 bits per heavy atom. The third kappa shape index (κ3) is 3.89. The molecular weight excluding hydrogens is 272 g/mol. The smallest absolute Gasteiger partial charge is 0.224 e. The normalized spacial score (nSPS) is 14.6. The molecule has 2 rings (SSSR count). The van der Waals surface area contributed by atoms with Crippen molar-refractivity contribution in [1.29, 1.82) is 0 Å². The van der Waals surface area contributed by atoms with E-state index in [0.717, 1.165) is 48.7 Å². The minimum atomic E-state index is 0.0844. The lowest BCUT2D eigenvalue weighted by atomic mass is 10.2. The van der Waals surface area contributed by atoms with Gasteiger partial charge in [0.05, 0.1) is 16.4 Å². The van der Waals surface area contributed by atoms with Crippen LogP contribution in [0.4, 0.5) is 11.4 Å². The molecule has 0 spiro atoms. The summed E-state index contributed by atoms with van der Waals surface area (Å²) in [6, 6.07) is 5.72. The zero-order valence-corrected chi connectivity index (χ0v) is 12.9. The summed E-state index contributed by atoms with van der Waals surface area (Å²) in [5, 5.41) is 3.74. The van der Waals surface area contributed by atoms with Crippen LogP contribution in [0.5, 0.6) is 0 Å². The maximum Gasteiger partial charge on any atom is 0.224 e. The van der Waals surface area contributed by atoms with Gasteiger partial charge in [-0.3, -0.25) is 4.79 Å². The zero-order chi connectivity index (χ0) is 14.4. The fraction of sp³-hybridized carbons (Fsp3) is 0.562. The first-order valence-electron chi connectivity index (χ1n) is 7.55. The van der Waals surface area contributed by atoms with Crippen molar-refractivity contribution in [3.05, 3.63) is 23.2 Å². The molecule has 110 valence electrons. The van der Waals surface area contributed by atoms with Crippen molar-refractivity contribution in [3.63, 3.8) is 0 Å². The molecule has 1 heterocycles. The van der Waals surface area contributed by atoms with Crippen LogP contribution < -0.4 is 10.2 Å². The van der Waals surface area contributed by atoms with Gasteiger partial charge in [0, 0.05) is 19.5 Å². The van der Waals surface area contributed by atoms with Crippen LogP contribution in [0, 0.1) is 0 Å². The van der Waals surface area contributed by atoms with Gasteiger partial charge in [-0.1, -0.05) is 37.4 Å². The van der Waals surface area contributed by atoms with E-state index in [0.29, 0.717) is 6.42 Å². The first kappa shape index (κ1) is 15.2. The highest BCUT2D eigenvalue weighted by molar-refractivity contribution is 6.34. The Bertz CT molecular complexity index is 456. The molecule has 1 aliphatic rings. The number of hydrogen-bond acceptors (Lipinski definition) is 2. The molecule has 1 aliphatic heterocycles. The summed E-state index contributed by atoms with van der Waals surface area (Å²) in [5.41, 5.74) is 1.83. The third-order valence-electron chi connectivity index (χ3n) is 3.69. The molecule has 0 atom stereocenters. The summed E-state index contributed by atoms with van der Waals surface area (Å²) < 4.78 is 0. The first-order chi connectivity index (χ1) is 9.72. The van der Waals surface area contributed by atoms with Crippen molar-refractivity contribution in [1.82, 2.24) is 0 Å². The number of amides is 1. The van der Waals surface area contributed by atoms with E-state index < -0.39 is 0 Å². The van der Waals surface area contributed by atoms with Crippen LogP contribution in [0.3, 0.4) is 0 Å². The van der Waals surface area contributed by atoms with Crippen molar-refractivity contribution < 1.29 is 4.79 Å². The number of halogens is 1. The molecular formula is C16H23ClN2O. The standard InChI is InChI=1S/C16H23ClN2O/c1-2-3-4-10-15(20)18-14-9-7-8-13(17)16(14)19-11-5-6-12-19/h7-9H,2-6,10-12H2,1H3,(H,18,20). The average Bonchev–Trinajstić information content (AvgIpc) is 2.93. The maximum atomic E-state index is 12.0. The van der Waals surface area contributed by atoms with Crippen LogP contribution in [-0.2, 0) is 4.79 Å². The summed E-state index contributed by atoms with van der Waals surface area (Å²) in [5.74, 6) is 0.0844.